The average molecular weight is 617 g/mol. The topological polar surface area (TPSA) is 86.8 Å². The van der Waals surface area contributed by atoms with Gasteiger partial charge in [-0.1, -0.05) is 44.0 Å². The molecule has 0 aliphatic heterocycles. The van der Waals surface area contributed by atoms with E-state index in [9.17, 15) is 18.0 Å². The predicted molar refractivity (Wildman–Crippen MR) is 143 cm³/mol. The van der Waals surface area contributed by atoms with Crippen molar-refractivity contribution in [3.8, 4) is 0 Å². The van der Waals surface area contributed by atoms with Crippen LogP contribution >= 0.6 is 31.9 Å². The maximum atomic E-state index is 13.5. The van der Waals surface area contributed by atoms with E-state index in [2.05, 4.69) is 37.2 Å². The minimum absolute atomic E-state index is 0.155. The summed E-state index contributed by atoms with van der Waals surface area (Å²) < 4.78 is 28.1. The fourth-order valence-corrected chi connectivity index (χ4v) is 4.59. The summed E-state index contributed by atoms with van der Waals surface area (Å²) in [5, 5.41) is 2.90. The average Bonchev–Trinajstić information content (AvgIpc) is 2.71. The summed E-state index contributed by atoms with van der Waals surface area (Å²) in [6, 6.07) is 11.7. The van der Waals surface area contributed by atoms with E-state index in [1.807, 2.05) is 52.0 Å². The molecule has 1 unspecified atom stereocenters. The first-order valence-corrected chi connectivity index (χ1v) is 14.1. The summed E-state index contributed by atoms with van der Waals surface area (Å²) in [5.74, 6) is -0.797. The van der Waals surface area contributed by atoms with E-state index in [4.69, 9.17) is 0 Å². The minimum Gasteiger partial charge on any atom is -0.350 e. The van der Waals surface area contributed by atoms with E-state index >= 15 is 0 Å². The minimum atomic E-state index is -3.77. The van der Waals surface area contributed by atoms with Gasteiger partial charge >= 0.3 is 0 Å². The van der Waals surface area contributed by atoms with Crippen LogP contribution in [0.25, 0.3) is 0 Å². The van der Waals surface area contributed by atoms with Crippen molar-refractivity contribution in [2.75, 3.05) is 17.1 Å². The van der Waals surface area contributed by atoms with Crippen LogP contribution in [0.15, 0.2) is 51.4 Å². The van der Waals surface area contributed by atoms with Gasteiger partial charge in [-0.3, -0.25) is 13.9 Å². The maximum absolute atomic E-state index is 13.5. The molecule has 2 amide bonds. The first-order valence-electron chi connectivity index (χ1n) is 10.7. The molecule has 10 heteroatoms. The van der Waals surface area contributed by atoms with Gasteiger partial charge in [0.25, 0.3) is 0 Å². The number of hydrogen-bond acceptors (Lipinski definition) is 4. The van der Waals surface area contributed by atoms with Gasteiger partial charge in [-0.25, -0.2) is 8.42 Å². The SMILES string of the molecule is Cc1cc(N(CC(=O)N(Cc2ccc(Br)cc2)C(C)C(=O)NC(C)(C)C)S(C)(=O)=O)ccc1Br. The summed E-state index contributed by atoms with van der Waals surface area (Å²) in [6.45, 7) is 8.80. The fraction of sp³-hybridized carbons (Fsp3) is 0.417. The van der Waals surface area contributed by atoms with Crippen molar-refractivity contribution in [3.63, 3.8) is 0 Å². The fourth-order valence-electron chi connectivity index (χ4n) is 3.24. The number of anilines is 1. The quantitative estimate of drug-likeness (QED) is 0.469. The van der Waals surface area contributed by atoms with Gasteiger partial charge in [0, 0.05) is 21.0 Å². The highest BCUT2D eigenvalue weighted by Crippen LogP contribution is 2.25. The lowest BCUT2D eigenvalue weighted by atomic mass is 10.1. The highest BCUT2D eigenvalue weighted by Gasteiger charge is 2.31. The molecule has 2 aromatic rings. The van der Waals surface area contributed by atoms with Gasteiger partial charge in [0.15, 0.2) is 0 Å². The molecule has 1 atom stereocenters. The number of rotatable bonds is 8. The lowest BCUT2D eigenvalue weighted by Gasteiger charge is -2.33. The number of carbonyl (C=O) groups is 2. The molecule has 1 N–H and O–H groups in total. The summed E-state index contributed by atoms with van der Waals surface area (Å²) in [5.41, 5.74) is 1.55. The predicted octanol–water partition coefficient (Wildman–Crippen LogP) is 4.62. The number of hydrogen-bond donors (Lipinski definition) is 1. The van der Waals surface area contributed by atoms with E-state index in [1.165, 1.54) is 4.90 Å². The molecule has 0 aliphatic carbocycles. The first kappa shape index (κ1) is 28.3. The number of halogens is 2. The molecule has 186 valence electrons. The van der Waals surface area contributed by atoms with Crippen molar-refractivity contribution >= 4 is 59.4 Å². The van der Waals surface area contributed by atoms with Gasteiger partial charge in [0.05, 0.1) is 11.9 Å². The second kappa shape index (κ2) is 11.2. The van der Waals surface area contributed by atoms with Crippen LogP contribution in [-0.2, 0) is 26.2 Å². The molecule has 0 spiro atoms. The number of nitrogens with one attached hydrogen (secondary N) is 1. The first-order chi connectivity index (χ1) is 15.6. The van der Waals surface area contributed by atoms with Crippen LogP contribution in [0.5, 0.6) is 0 Å². The third kappa shape index (κ3) is 8.09. The van der Waals surface area contributed by atoms with E-state index < -0.39 is 34.1 Å². The third-order valence-corrected chi connectivity index (χ3v) is 7.60. The standard InChI is InChI=1S/C24H31Br2N3O4S/c1-16-13-20(11-12-21(16)26)29(34(6,32)33)15-22(30)28(14-18-7-9-19(25)10-8-18)17(2)23(31)27-24(3,4)5/h7-13,17H,14-15H2,1-6H3,(H,27,31). The Morgan fingerprint density at radius 1 is 1.06 bits per heavy atom. The van der Waals surface area contributed by atoms with Gasteiger partial charge < -0.3 is 10.2 Å². The largest absolute Gasteiger partial charge is 0.350 e. The van der Waals surface area contributed by atoms with E-state index in [-0.39, 0.29) is 12.5 Å². The van der Waals surface area contributed by atoms with Crippen molar-refractivity contribution in [2.45, 2.75) is 52.7 Å². The molecule has 2 rings (SSSR count). The van der Waals surface area contributed by atoms with E-state index in [1.54, 1.807) is 25.1 Å². The lowest BCUT2D eigenvalue weighted by molar-refractivity contribution is -0.140. The molecule has 7 nitrogen and oxygen atoms in total. The molecule has 0 bridgehead atoms. The molecule has 0 saturated carbocycles. The molecule has 0 radical (unpaired) electrons. The summed E-state index contributed by atoms with van der Waals surface area (Å²) >= 11 is 6.81. The highest BCUT2D eigenvalue weighted by atomic mass is 79.9. The zero-order valence-corrected chi connectivity index (χ0v) is 24.2. The Morgan fingerprint density at radius 2 is 1.65 bits per heavy atom. The number of sulfonamides is 1. The van der Waals surface area contributed by atoms with Crippen molar-refractivity contribution in [1.29, 1.82) is 0 Å². The smallest absolute Gasteiger partial charge is 0.244 e. The monoisotopic (exact) mass is 615 g/mol. The molecule has 0 aromatic heterocycles. The Hall–Kier alpha value is -1.91. The molecule has 0 aliphatic rings. The van der Waals surface area contributed by atoms with Crippen LogP contribution < -0.4 is 9.62 Å². The van der Waals surface area contributed by atoms with Gasteiger partial charge in [0.2, 0.25) is 21.8 Å². The van der Waals surface area contributed by atoms with Crippen molar-refractivity contribution in [1.82, 2.24) is 10.2 Å². The summed E-state index contributed by atoms with van der Waals surface area (Å²) in [7, 11) is -3.77. The van der Waals surface area contributed by atoms with Crippen LogP contribution in [-0.4, -0.2) is 49.5 Å². The molecule has 0 saturated heterocycles. The highest BCUT2D eigenvalue weighted by molar-refractivity contribution is 9.10. The number of aryl methyl sites for hydroxylation is 1. The van der Waals surface area contributed by atoms with Crippen LogP contribution in [0.4, 0.5) is 5.69 Å². The van der Waals surface area contributed by atoms with Crippen molar-refractivity contribution in [2.24, 2.45) is 0 Å². The number of amides is 2. The summed E-state index contributed by atoms with van der Waals surface area (Å²) in [6.07, 6.45) is 1.06. The Kier molecular flexibility index (Phi) is 9.35. The summed E-state index contributed by atoms with van der Waals surface area (Å²) in [4.78, 5) is 27.9. The van der Waals surface area contributed by atoms with Crippen LogP contribution in [0.1, 0.15) is 38.8 Å². The normalized spacial score (nSPS) is 12.7. The van der Waals surface area contributed by atoms with Crippen LogP contribution in [0, 0.1) is 6.92 Å². The zero-order valence-electron chi connectivity index (χ0n) is 20.2. The molecular formula is C24H31Br2N3O4S. The Bertz CT molecular complexity index is 1150. The molecule has 0 heterocycles. The Morgan fingerprint density at radius 3 is 2.15 bits per heavy atom. The van der Waals surface area contributed by atoms with Gasteiger partial charge in [-0.15, -0.1) is 0 Å². The second-order valence-electron chi connectivity index (χ2n) is 9.27. The third-order valence-electron chi connectivity index (χ3n) is 5.04. The molecule has 2 aromatic carbocycles. The van der Waals surface area contributed by atoms with E-state index in [0.29, 0.717) is 5.69 Å². The number of nitrogens with zero attached hydrogens (tertiary/aromatic N) is 2. The Balaban J connectivity index is 2.41. The van der Waals surface area contributed by atoms with E-state index in [0.717, 1.165) is 30.6 Å². The van der Waals surface area contributed by atoms with Crippen molar-refractivity contribution < 1.29 is 18.0 Å². The maximum Gasteiger partial charge on any atom is 0.244 e. The Labute approximate surface area is 219 Å². The van der Waals surface area contributed by atoms with Crippen LogP contribution in [0.2, 0.25) is 0 Å². The molecular weight excluding hydrogens is 586 g/mol. The van der Waals surface area contributed by atoms with Crippen LogP contribution in [0.3, 0.4) is 0 Å². The number of benzene rings is 2. The molecule has 0 fully saturated rings. The zero-order chi connectivity index (χ0) is 25.8. The second-order valence-corrected chi connectivity index (χ2v) is 12.9. The van der Waals surface area contributed by atoms with Gasteiger partial charge in [0.1, 0.15) is 12.6 Å². The molecule has 34 heavy (non-hydrogen) atoms. The van der Waals surface area contributed by atoms with Crippen molar-refractivity contribution in [3.05, 3.63) is 62.5 Å². The number of carbonyl (C=O) groups excluding carboxylic acids is 2. The lowest BCUT2D eigenvalue weighted by Crippen LogP contribution is -2.54. The van der Waals surface area contributed by atoms with Gasteiger partial charge in [-0.2, -0.15) is 0 Å². The van der Waals surface area contributed by atoms with Gasteiger partial charge in [-0.05, 0) is 76.1 Å².